The van der Waals surface area contributed by atoms with Crippen molar-refractivity contribution in [2.75, 3.05) is 0 Å². The van der Waals surface area contributed by atoms with Crippen LogP contribution in [0.1, 0.15) is 20.8 Å². The van der Waals surface area contributed by atoms with E-state index < -0.39 is 0 Å². The molecular weight excluding hydrogens is 359 g/mol. The maximum atomic E-state index is 12.4. The molecule has 0 bridgehead atoms. The van der Waals surface area contributed by atoms with E-state index in [1.807, 2.05) is 25.1 Å². The first-order valence-corrected chi connectivity index (χ1v) is 7.85. The molecule has 0 amide bonds. The van der Waals surface area contributed by atoms with Crippen LogP contribution in [0.15, 0.2) is 28.2 Å². The van der Waals surface area contributed by atoms with Crippen molar-refractivity contribution < 1.29 is 0 Å². The number of hydrogen-bond acceptors (Lipinski definition) is 3. The van der Waals surface area contributed by atoms with Crippen molar-refractivity contribution in [1.82, 2.24) is 9.55 Å². The summed E-state index contributed by atoms with van der Waals surface area (Å²) in [6.45, 7) is 6.85. The van der Waals surface area contributed by atoms with Gasteiger partial charge in [-0.15, -0.1) is 0 Å². The maximum absolute atomic E-state index is 12.4. The number of benzene rings is 1. The van der Waals surface area contributed by atoms with Gasteiger partial charge in [0.2, 0.25) is 0 Å². The Bertz CT molecular complexity index is 637. The summed E-state index contributed by atoms with van der Waals surface area (Å²) >= 11 is 3.85. The third-order valence-corrected chi connectivity index (χ3v) is 4.20. The Balaban J connectivity index is 2.73. The van der Waals surface area contributed by atoms with Crippen molar-refractivity contribution in [2.24, 2.45) is 0 Å². The second-order valence-corrected chi connectivity index (χ2v) is 7.06. The molecule has 2 aromatic rings. The van der Waals surface area contributed by atoms with E-state index >= 15 is 0 Å². The molecule has 2 rings (SSSR count). The highest BCUT2D eigenvalue weighted by Crippen LogP contribution is 2.22. The summed E-state index contributed by atoms with van der Waals surface area (Å²) in [7, 11) is 0. The fourth-order valence-electron chi connectivity index (χ4n) is 1.75. The van der Waals surface area contributed by atoms with Gasteiger partial charge in [0.15, 0.2) is 5.16 Å². The summed E-state index contributed by atoms with van der Waals surface area (Å²) in [5.41, 5.74) is 0.845. The fraction of sp³-hybridized carbons (Fsp3) is 0.385. The van der Waals surface area contributed by atoms with Crippen molar-refractivity contribution >= 4 is 45.3 Å². The number of fused-ring (bicyclic) bond motifs is 1. The Morgan fingerprint density at radius 3 is 2.78 bits per heavy atom. The summed E-state index contributed by atoms with van der Waals surface area (Å²) in [6, 6.07) is 5.81. The van der Waals surface area contributed by atoms with Gasteiger partial charge >= 0.3 is 0 Å². The molecule has 0 saturated carbocycles. The monoisotopic (exact) mass is 374 g/mol. The fourth-order valence-corrected chi connectivity index (χ4v) is 3.16. The van der Waals surface area contributed by atoms with Crippen molar-refractivity contribution in [3.63, 3.8) is 0 Å². The second-order valence-electron chi connectivity index (χ2n) is 4.27. The van der Waals surface area contributed by atoms with Gasteiger partial charge in [0, 0.05) is 15.4 Å². The van der Waals surface area contributed by atoms with E-state index in [-0.39, 0.29) is 5.56 Å². The maximum Gasteiger partial charge on any atom is 0.262 e. The van der Waals surface area contributed by atoms with E-state index in [9.17, 15) is 4.79 Å². The normalized spacial score (nSPS) is 11.4. The first kappa shape index (κ1) is 13.9. The summed E-state index contributed by atoms with van der Waals surface area (Å²) in [5.74, 6) is 0. The number of hydrogen-bond donors (Lipinski definition) is 0. The van der Waals surface area contributed by atoms with Crippen LogP contribution in [-0.2, 0) is 6.54 Å². The number of aromatic nitrogens is 2. The molecule has 1 heterocycles. The van der Waals surface area contributed by atoms with E-state index in [0.717, 1.165) is 14.2 Å². The Kier molecular flexibility index (Phi) is 4.32. The average Bonchev–Trinajstić information content (AvgIpc) is 2.30. The molecule has 0 unspecified atom stereocenters. The van der Waals surface area contributed by atoms with E-state index in [0.29, 0.717) is 17.2 Å². The minimum Gasteiger partial charge on any atom is -0.287 e. The van der Waals surface area contributed by atoms with Gasteiger partial charge in [-0.05, 0) is 47.7 Å². The zero-order valence-corrected chi connectivity index (χ0v) is 13.6. The summed E-state index contributed by atoms with van der Waals surface area (Å²) < 4.78 is 2.81. The lowest BCUT2D eigenvalue weighted by Gasteiger charge is -2.12. The number of rotatable bonds is 3. The van der Waals surface area contributed by atoms with Crippen LogP contribution in [0, 0.1) is 3.57 Å². The number of thioether (sulfide) groups is 1. The average molecular weight is 374 g/mol. The Morgan fingerprint density at radius 2 is 2.17 bits per heavy atom. The third-order valence-electron chi connectivity index (χ3n) is 2.54. The van der Waals surface area contributed by atoms with Crippen LogP contribution < -0.4 is 5.56 Å². The van der Waals surface area contributed by atoms with Crippen molar-refractivity contribution in [1.29, 1.82) is 0 Å². The highest BCUT2D eigenvalue weighted by molar-refractivity contribution is 14.1. The van der Waals surface area contributed by atoms with Gasteiger partial charge in [0.05, 0.1) is 10.9 Å². The van der Waals surface area contributed by atoms with Crippen LogP contribution in [0.25, 0.3) is 10.9 Å². The SMILES string of the molecule is CCn1c(SC(C)C)nc2ccc(I)cc2c1=O. The van der Waals surface area contributed by atoms with Crippen LogP contribution >= 0.6 is 34.4 Å². The van der Waals surface area contributed by atoms with Gasteiger partial charge < -0.3 is 0 Å². The van der Waals surface area contributed by atoms with Crippen LogP contribution in [0.4, 0.5) is 0 Å². The van der Waals surface area contributed by atoms with E-state index in [4.69, 9.17) is 0 Å². The van der Waals surface area contributed by atoms with Gasteiger partial charge in [0.1, 0.15) is 0 Å². The van der Waals surface area contributed by atoms with Crippen LogP contribution in [-0.4, -0.2) is 14.8 Å². The number of nitrogens with zero attached hydrogens (tertiary/aromatic N) is 2. The Morgan fingerprint density at radius 1 is 1.44 bits per heavy atom. The topological polar surface area (TPSA) is 34.9 Å². The Hall–Kier alpha value is -0.560. The predicted octanol–water partition coefficient (Wildman–Crippen LogP) is 3.52. The van der Waals surface area contributed by atoms with Gasteiger partial charge in [-0.2, -0.15) is 0 Å². The zero-order chi connectivity index (χ0) is 13.3. The third kappa shape index (κ3) is 2.71. The Labute approximate surface area is 124 Å². The van der Waals surface area contributed by atoms with Crippen molar-refractivity contribution in [2.45, 2.75) is 37.7 Å². The summed E-state index contributed by atoms with van der Waals surface area (Å²) in [5, 5.41) is 1.93. The van der Waals surface area contributed by atoms with Crippen molar-refractivity contribution in [3.8, 4) is 0 Å². The molecule has 0 saturated heterocycles. The van der Waals surface area contributed by atoms with Crippen LogP contribution in [0.3, 0.4) is 0 Å². The van der Waals surface area contributed by atoms with E-state index in [1.54, 1.807) is 16.3 Å². The second kappa shape index (κ2) is 5.61. The van der Waals surface area contributed by atoms with Crippen LogP contribution in [0.5, 0.6) is 0 Å². The molecule has 96 valence electrons. The standard InChI is InChI=1S/C13H15IN2OS/c1-4-16-12(17)10-7-9(14)5-6-11(10)15-13(16)18-8(2)3/h5-8H,4H2,1-3H3. The molecule has 0 N–H and O–H groups in total. The van der Waals surface area contributed by atoms with E-state index in [1.165, 1.54) is 0 Å². The smallest absolute Gasteiger partial charge is 0.262 e. The molecule has 18 heavy (non-hydrogen) atoms. The lowest BCUT2D eigenvalue weighted by Crippen LogP contribution is -2.23. The van der Waals surface area contributed by atoms with Gasteiger partial charge in [-0.25, -0.2) is 4.98 Å². The summed E-state index contributed by atoms with van der Waals surface area (Å²) in [6.07, 6.45) is 0. The molecule has 1 aromatic heterocycles. The highest BCUT2D eigenvalue weighted by atomic mass is 127. The quantitative estimate of drug-likeness (QED) is 0.469. The van der Waals surface area contributed by atoms with Crippen LogP contribution in [0.2, 0.25) is 0 Å². The molecule has 3 nitrogen and oxygen atoms in total. The van der Waals surface area contributed by atoms with Gasteiger partial charge in [-0.1, -0.05) is 25.6 Å². The van der Waals surface area contributed by atoms with Gasteiger partial charge in [-0.3, -0.25) is 9.36 Å². The van der Waals surface area contributed by atoms with Crippen molar-refractivity contribution in [3.05, 3.63) is 32.1 Å². The summed E-state index contributed by atoms with van der Waals surface area (Å²) in [4.78, 5) is 17.0. The highest BCUT2D eigenvalue weighted by Gasteiger charge is 2.11. The minimum absolute atomic E-state index is 0.0594. The molecule has 0 spiro atoms. The first-order valence-electron chi connectivity index (χ1n) is 5.89. The predicted molar refractivity (Wildman–Crippen MR) is 85.4 cm³/mol. The lowest BCUT2D eigenvalue weighted by molar-refractivity contribution is 0.633. The molecular formula is C13H15IN2OS. The zero-order valence-electron chi connectivity index (χ0n) is 10.6. The first-order chi connectivity index (χ1) is 8.52. The number of halogens is 1. The molecule has 0 radical (unpaired) electrons. The molecule has 5 heteroatoms. The minimum atomic E-state index is 0.0594. The van der Waals surface area contributed by atoms with Gasteiger partial charge in [0.25, 0.3) is 5.56 Å². The van der Waals surface area contributed by atoms with E-state index in [2.05, 4.69) is 41.4 Å². The largest absolute Gasteiger partial charge is 0.287 e. The molecule has 0 atom stereocenters. The molecule has 0 aliphatic carbocycles. The molecule has 1 aromatic carbocycles. The lowest BCUT2D eigenvalue weighted by atomic mass is 10.2. The molecule has 0 aliphatic rings. The molecule has 0 fully saturated rings. The molecule has 0 aliphatic heterocycles.